The van der Waals surface area contributed by atoms with E-state index in [2.05, 4.69) is 79.9 Å². The first-order valence-corrected chi connectivity index (χ1v) is 18.5. The lowest BCUT2D eigenvalue weighted by Crippen LogP contribution is -2.45. The molecule has 0 aromatic carbocycles. The minimum Gasteiger partial charge on any atom is -0.394 e. The van der Waals surface area contributed by atoms with Gasteiger partial charge in [-0.25, -0.2) is 0 Å². The van der Waals surface area contributed by atoms with Crippen molar-refractivity contribution in [1.82, 2.24) is 5.32 Å². The molecule has 254 valence electrons. The molecule has 0 aliphatic heterocycles. The Bertz CT molecular complexity index is 752. The van der Waals surface area contributed by atoms with Gasteiger partial charge in [0, 0.05) is 6.42 Å². The SMILES string of the molecule is CC/C=C\C/C=C\C/C=C\C/C=C\C/C=C\CCCCCCCCCCCCCCCC(=O)NC(CO)C(O)CCCCC. The third kappa shape index (κ3) is 31.5. The Balaban J connectivity index is 3.43. The monoisotopic (exact) mass is 614 g/mol. The first kappa shape index (κ1) is 42.1. The molecule has 1 amide bonds. The van der Waals surface area contributed by atoms with Crippen molar-refractivity contribution in [2.24, 2.45) is 0 Å². The lowest BCUT2D eigenvalue weighted by molar-refractivity contribution is -0.123. The highest BCUT2D eigenvalue weighted by Gasteiger charge is 2.19. The van der Waals surface area contributed by atoms with Crippen molar-refractivity contribution >= 4 is 5.91 Å². The molecule has 4 heteroatoms. The average Bonchev–Trinajstić information content (AvgIpc) is 3.02. The van der Waals surface area contributed by atoms with Crippen molar-refractivity contribution in [2.75, 3.05) is 6.61 Å². The summed E-state index contributed by atoms with van der Waals surface area (Å²) in [6.45, 7) is 4.08. The van der Waals surface area contributed by atoms with Gasteiger partial charge in [-0.2, -0.15) is 0 Å². The molecular weight excluding hydrogens is 542 g/mol. The molecule has 0 aromatic heterocycles. The zero-order valence-corrected chi connectivity index (χ0v) is 28.9. The number of nitrogens with one attached hydrogen (secondary N) is 1. The van der Waals surface area contributed by atoms with E-state index in [-0.39, 0.29) is 12.5 Å². The van der Waals surface area contributed by atoms with Crippen LogP contribution in [0.3, 0.4) is 0 Å². The van der Waals surface area contributed by atoms with E-state index < -0.39 is 12.1 Å². The highest BCUT2D eigenvalue weighted by atomic mass is 16.3. The standard InChI is InChI=1S/C40H71NO3/c1-3-5-7-8-9-10-11-12-13-14-15-16-17-18-19-20-21-22-23-24-25-26-27-28-29-30-31-32-34-36-40(44)41-38(37-42)39(43)35-33-6-4-2/h5,7,9-10,12-13,15-16,18-19,38-39,42-43H,3-4,6,8,11,14,17,20-37H2,1-2H3,(H,41,44)/b7-5-,10-9-,13-12-,16-15-,19-18-. The molecule has 0 spiro atoms. The number of hydrogen-bond acceptors (Lipinski definition) is 3. The van der Waals surface area contributed by atoms with E-state index in [0.717, 1.165) is 64.2 Å². The molecule has 2 atom stereocenters. The van der Waals surface area contributed by atoms with Crippen LogP contribution in [0.25, 0.3) is 0 Å². The Morgan fingerprint density at radius 2 is 1.00 bits per heavy atom. The second kappa shape index (κ2) is 35.6. The van der Waals surface area contributed by atoms with Crippen molar-refractivity contribution in [3.05, 3.63) is 60.8 Å². The second-order valence-corrected chi connectivity index (χ2v) is 12.3. The number of rotatable bonds is 32. The van der Waals surface area contributed by atoms with Crippen LogP contribution in [-0.2, 0) is 4.79 Å². The highest BCUT2D eigenvalue weighted by molar-refractivity contribution is 5.76. The van der Waals surface area contributed by atoms with Crippen molar-refractivity contribution < 1.29 is 15.0 Å². The molecule has 0 heterocycles. The molecule has 0 aliphatic rings. The Morgan fingerprint density at radius 1 is 0.568 bits per heavy atom. The van der Waals surface area contributed by atoms with Crippen LogP contribution in [0, 0.1) is 0 Å². The Morgan fingerprint density at radius 3 is 1.45 bits per heavy atom. The summed E-state index contributed by atoms with van der Waals surface area (Å²) in [6.07, 6.45) is 49.2. The summed E-state index contributed by atoms with van der Waals surface area (Å²) in [7, 11) is 0. The van der Waals surface area contributed by atoms with E-state index in [1.807, 2.05) is 0 Å². The second-order valence-electron chi connectivity index (χ2n) is 12.3. The summed E-state index contributed by atoms with van der Waals surface area (Å²) in [5, 5.41) is 22.5. The van der Waals surface area contributed by atoms with Gasteiger partial charge in [0.15, 0.2) is 0 Å². The largest absolute Gasteiger partial charge is 0.394 e. The molecule has 0 rings (SSSR count). The topological polar surface area (TPSA) is 69.6 Å². The van der Waals surface area contributed by atoms with E-state index in [0.29, 0.717) is 12.8 Å². The maximum absolute atomic E-state index is 12.2. The summed E-state index contributed by atoms with van der Waals surface area (Å²) in [4.78, 5) is 12.2. The van der Waals surface area contributed by atoms with Crippen LogP contribution in [0.15, 0.2) is 60.8 Å². The number of carbonyl (C=O) groups excluding carboxylic acids is 1. The van der Waals surface area contributed by atoms with Crippen molar-refractivity contribution in [2.45, 2.75) is 180 Å². The van der Waals surface area contributed by atoms with Gasteiger partial charge in [-0.3, -0.25) is 4.79 Å². The fourth-order valence-electron chi connectivity index (χ4n) is 5.21. The number of carbonyl (C=O) groups is 1. The molecule has 0 fully saturated rings. The fraction of sp³-hybridized carbons (Fsp3) is 0.725. The van der Waals surface area contributed by atoms with Crippen LogP contribution in [0.1, 0.15) is 168 Å². The van der Waals surface area contributed by atoms with E-state index in [9.17, 15) is 15.0 Å². The van der Waals surface area contributed by atoms with E-state index in [4.69, 9.17) is 0 Å². The molecule has 0 aliphatic carbocycles. The van der Waals surface area contributed by atoms with Gasteiger partial charge in [0.05, 0.1) is 18.8 Å². The van der Waals surface area contributed by atoms with Gasteiger partial charge in [-0.05, 0) is 57.8 Å². The Labute approximate surface area is 273 Å². The van der Waals surface area contributed by atoms with E-state index in [1.165, 1.54) is 77.0 Å². The van der Waals surface area contributed by atoms with Crippen LogP contribution < -0.4 is 5.32 Å². The zero-order chi connectivity index (χ0) is 32.2. The molecule has 0 saturated heterocycles. The summed E-state index contributed by atoms with van der Waals surface area (Å²) in [5.41, 5.74) is 0. The van der Waals surface area contributed by atoms with Crippen LogP contribution in [0.4, 0.5) is 0 Å². The summed E-state index contributed by atoms with van der Waals surface area (Å²) < 4.78 is 0. The van der Waals surface area contributed by atoms with Crippen molar-refractivity contribution in [3.8, 4) is 0 Å². The third-order valence-electron chi connectivity index (χ3n) is 8.04. The number of allylic oxidation sites excluding steroid dienone is 10. The van der Waals surface area contributed by atoms with E-state index >= 15 is 0 Å². The Kier molecular flexibility index (Phi) is 34.0. The van der Waals surface area contributed by atoms with Crippen molar-refractivity contribution in [3.63, 3.8) is 0 Å². The fourth-order valence-corrected chi connectivity index (χ4v) is 5.21. The number of amides is 1. The zero-order valence-electron chi connectivity index (χ0n) is 28.9. The molecule has 2 unspecified atom stereocenters. The lowest BCUT2D eigenvalue weighted by atomic mass is 10.0. The maximum Gasteiger partial charge on any atom is 0.220 e. The van der Waals surface area contributed by atoms with Crippen LogP contribution in [0.5, 0.6) is 0 Å². The quantitative estimate of drug-likeness (QED) is 0.0522. The summed E-state index contributed by atoms with van der Waals surface area (Å²) >= 11 is 0. The number of aliphatic hydroxyl groups excluding tert-OH is 2. The lowest BCUT2D eigenvalue weighted by Gasteiger charge is -2.22. The molecule has 0 aromatic rings. The van der Waals surface area contributed by atoms with Crippen LogP contribution >= 0.6 is 0 Å². The summed E-state index contributed by atoms with van der Waals surface area (Å²) in [5.74, 6) is -0.0484. The highest BCUT2D eigenvalue weighted by Crippen LogP contribution is 2.14. The van der Waals surface area contributed by atoms with E-state index in [1.54, 1.807) is 0 Å². The molecule has 3 N–H and O–H groups in total. The first-order chi connectivity index (χ1) is 21.7. The van der Waals surface area contributed by atoms with Gasteiger partial charge in [0.1, 0.15) is 0 Å². The molecule has 44 heavy (non-hydrogen) atoms. The molecule has 4 nitrogen and oxygen atoms in total. The molecular formula is C40H71NO3. The maximum atomic E-state index is 12.2. The first-order valence-electron chi connectivity index (χ1n) is 18.5. The van der Waals surface area contributed by atoms with Gasteiger partial charge in [0.25, 0.3) is 0 Å². The predicted octanol–water partition coefficient (Wildman–Crippen LogP) is 11.0. The minimum absolute atomic E-state index is 0.0484. The van der Waals surface area contributed by atoms with Gasteiger partial charge in [-0.15, -0.1) is 0 Å². The van der Waals surface area contributed by atoms with Gasteiger partial charge >= 0.3 is 0 Å². The predicted molar refractivity (Wildman–Crippen MR) is 193 cm³/mol. The number of unbranched alkanes of at least 4 members (excludes halogenated alkanes) is 15. The summed E-state index contributed by atoms with van der Waals surface area (Å²) in [6, 6.07) is -0.533. The number of hydrogen-bond donors (Lipinski definition) is 3. The van der Waals surface area contributed by atoms with Gasteiger partial charge in [0.2, 0.25) is 5.91 Å². The van der Waals surface area contributed by atoms with Crippen molar-refractivity contribution in [1.29, 1.82) is 0 Å². The Hall–Kier alpha value is -1.91. The van der Waals surface area contributed by atoms with Gasteiger partial charge < -0.3 is 15.5 Å². The minimum atomic E-state index is -0.657. The normalized spacial score (nSPS) is 13.8. The molecule has 0 saturated carbocycles. The number of aliphatic hydroxyl groups is 2. The average molecular weight is 614 g/mol. The smallest absolute Gasteiger partial charge is 0.220 e. The molecule has 0 bridgehead atoms. The van der Waals surface area contributed by atoms with Gasteiger partial charge in [-0.1, -0.05) is 164 Å². The van der Waals surface area contributed by atoms with Crippen LogP contribution in [0.2, 0.25) is 0 Å². The molecule has 0 radical (unpaired) electrons. The third-order valence-corrected chi connectivity index (χ3v) is 8.04. The van der Waals surface area contributed by atoms with Crippen LogP contribution in [-0.4, -0.2) is 34.9 Å².